The number of hydrogen-bond donors (Lipinski definition) is 2. The molecule has 0 aromatic carbocycles. The van der Waals surface area contributed by atoms with Crippen molar-refractivity contribution in [3.63, 3.8) is 0 Å². The first-order valence-electron chi connectivity index (χ1n) is 7.68. The zero-order valence-corrected chi connectivity index (χ0v) is 13.1. The molecule has 1 aromatic rings. The average Bonchev–Trinajstić information content (AvgIpc) is 2.59. The lowest BCUT2D eigenvalue weighted by Crippen LogP contribution is -2.50. The van der Waals surface area contributed by atoms with Gasteiger partial charge in [0.25, 0.3) is 0 Å². The van der Waals surface area contributed by atoms with E-state index in [1.54, 1.807) is 25.4 Å². The van der Waals surface area contributed by atoms with E-state index in [9.17, 15) is 19.5 Å². The summed E-state index contributed by atoms with van der Waals surface area (Å²) in [5, 5.41) is 12.0. The number of carboxylic acid groups (broad SMARTS) is 1. The normalized spacial score (nSPS) is 20.8. The number of carbonyl (C=O) groups excluding carboxylic acids is 2. The minimum Gasteiger partial charge on any atom is -0.481 e. The number of likely N-dealkylation sites (tertiary alicyclic amines) is 1. The molecule has 2 N–H and O–H groups in total. The maximum atomic E-state index is 12.3. The highest BCUT2D eigenvalue weighted by atomic mass is 16.4. The Hall–Kier alpha value is -2.44. The number of piperidine rings is 1. The molecule has 7 heteroatoms. The summed E-state index contributed by atoms with van der Waals surface area (Å²) in [6.45, 7) is 2.51. The van der Waals surface area contributed by atoms with Crippen LogP contribution in [0.25, 0.3) is 0 Å². The van der Waals surface area contributed by atoms with E-state index >= 15 is 0 Å². The first-order chi connectivity index (χ1) is 11.0. The van der Waals surface area contributed by atoms with Crippen LogP contribution < -0.4 is 5.32 Å². The van der Waals surface area contributed by atoms with Crippen molar-refractivity contribution in [3.8, 4) is 0 Å². The molecule has 2 heterocycles. The number of nitrogens with zero attached hydrogens (tertiary/aromatic N) is 2. The number of carboxylic acids is 1. The Kier molecular flexibility index (Phi) is 5.67. The highest BCUT2D eigenvalue weighted by Crippen LogP contribution is 2.23. The number of aliphatic carboxylic acids is 1. The third-order valence-corrected chi connectivity index (χ3v) is 4.02. The molecule has 0 aliphatic carbocycles. The van der Waals surface area contributed by atoms with Crippen LogP contribution in [0.4, 0.5) is 0 Å². The van der Waals surface area contributed by atoms with Gasteiger partial charge in [-0.3, -0.25) is 19.4 Å². The van der Waals surface area contributed by atoms with Gasteiger partial charge in [-0.15, -0.1) is 0 Å². The van der Waals surface area contributed by atoms with Crippen molar-refractivity contribution >= 4 is 17.8 Å². The van der Waals surface area contributed by atoms with E-state index in [2.05, 4.69) is 10.3 Å². The van der Waals surface area contributed by atoms with E-state index in [1.165, 1.54) is 4.90 Å². The Morgan fingerprint density at radius 3 is 2.70 bits per heavy atom. The quantitative estimate of drug-likeness (QED) is 0.830. The van der Waals surface area contributed by atoms with Crippen LogP contribution in [0, 0.1) is 11.8 Å². The summed E-state index contributed by atoms with van der Waals surface area (Å²) in [6.07, 6.45) is 3.87. The topological polar surface area (TPSA) is 99.6 Å². The molecular formula is C16H21N3O4. The van der Waals surface area contributed by atoms with Gasteiger partial charge in [0.05, 0.1) is 11.8 Å². The summed E-state index contributed by atoms with van der Waals surface area (Å²) >= 11 is 0. The van der Waals surface area contributed by atoms with Crippen LogP contribution in [0.3, 0.4) is 0 Å². The van der Waals surface area contributed by atoms with Crippen molar-refractivity contribution in [1.29, 1.82) is 0 Å². The molecule has 2 rings (SSSR count). The van der Waals surface area contributed by atoms with Crippen LogP contribution in [-0.4, -0.2) is 45.9 Å². The summed E-state index contributed by atoms with van der Waals surface area (Å²) in [7, 11) is 0. The van der Waals surface area contributed by atoms with Gasteiger partial charge in [-0.2, -0.15) is 0 Å². The van der Waals surface area contributed by atoms with Gasteiger partial charge >= 0.3 is 5.97 Å². The average molecular weight is 319 g/mol. The number of nitrogens with one attached hydrogen (secondary N) is 1. The lowest BCUT2D eigenvalue weighted by atomic mass is 9.88. The lowest BCUT2D eigenvalue weighted by molar-refractivity contribution is -0.148. The van der Waals surface area contributed by atoms with Gasteiger partial charge in [0.2, 0.25) is 11.8 Å². The smallest absolute Gasteiger partial charge is 0.308 e. The van der Waals surface area contributed by atoms with Crippen LogP contribution in [-0.2, 0) is 20.9 Å². The van der Waals surface area contributed by atoms with Gasteiger partial charge in [-0.1, -0.05) is 13.0 Å². The fourth-order valence-corrected chi connectivity index (χ4v) is 2.73. The second-order valence-corrected chi connectivity index (χ2v) is 5.70. The molecule has 0 radical (unpaired) electrons. The second-order valence-electron chi connectivity index (χ2n) is 5.70. The molecule has 0 saturated carbocycles. The van der Waals surface area contributed by atoms with Gasteiger partial charge in [0.15, 0.2) is 0 Å². The SMILES string of the molecule is CCC(=O)N1C[C@H](C(=O)O)C[C@H](C(=O)NCc2cccnc2)C1. The molecule has 2 amide bonds. The summed E-state index contributed by atoms with van der Waals surface area (Å²) in [4.78, 5) is 40.9. The molecule has 1 aromatic heterocycles. The highest BCUT2D eigenvalue weighted by Gasteiger charge is 2.36. The van der Waals surface area contributed by atoms with Gasteiger partial charge in [-0.05, 0) is 18.1 Å². The third kappa shape index (κ3) is 4.51. The van der Waals surface area contributed by atoms with Crippen LogP contribution in [0.15, 0.2) is 24.5 Å². The predicted molar refractivity (Wildman–Crippen MR) is 82.2 cm³/mol. The third-order valence-electron chi connectivity index (χ3n) is 4.02. The Morgan fingerprint density at radius 2 is 2.09 bits per heavy atom. The molecule has 1 aliphatic heterocycles. The molecule has 0 bridgehead atoms. The molecule has 0 unspecified atom stereocenters. The van der Waals surface area contributed by atoms with Crippen LogP contribution >= 0.6 is 0 Å². The first kappa shape index (κ1) is 16.9. The van der Waals surface area contributed by atoms with Crippen molar-refractivity contribution < 1.29 is 19.5 Å². The molecule has 23 heavy (non-hydrogen) atoms. The summed E-state index contributed by atoms with van der Waals surface area (Å²) < 4.78 is 0. The van der Waals surface area contributed by atoms with Crippen molar-refractivity contribution in [3.05, 3.63) is 30.1 Å². The summed E-state index contributed by atoms with van der Waals surface area (Å²) in [6, 6.07) is 3.63. The molecule has 2 atom stereocenters. The Morgan fingerprint density at radius 1 is 1.35 bits per heavy atom. The summed E-state index contributed by atoms with van der Waals surface area (Å²) in [5.41, 5.74) is 0.868. The van der Waals surface area contributed by atoms with E-state index < -0.39 is 17.8 Å². The van der Waals surface area contributed by atoms with Gasteiger partial charge < -0.3 is 15.3 Å². The largest absolute Gasteiger partial charge is 0.481 e. The van der Waals surface area contributed by atoms with Crippen LogP contribution in [0.5, 0.6) is 0 Å². The van der Waals surface area contributed by atoms with Crippen molar-refractivity contribution in [2.24, 2.45) is 11.8 Å². The molecular weight excluding hydrogens is 298 g/mol. The van der Waals surface area contributed by atoms with Gasteiger partial charge in [-0.25, -0.2) is 0 Å². The van der Waals surface area contributed by atoms with E-state index in [0.717, 1.165) is 5.56 Å². The molecule has 1 fully saturated rings. The highest BCUT2D eigenvalue weighted by molar-refractivity contribution is 5.83. The maximum Gasteiger partial charge on any atom is 0.308 e. The standard InChI is InChI=1S/C16H21N3O4/c1-2-14(20)19-9-12(6-13(10-19)16(22)23)15(21)18-8-11-4-3-5-17-7-11/h3-5,7,12-13H,2,6,8-10H2,1H3,(H,18,21)(H,22,23)/t12-,13+/m0/s1. The Balaban J connectivity index is 1.99. The Bertz CT molecular complexity index is 576. The monoisotopic (exact) mass is 319 g/mol. The predicted octanol–water partition coefficient (Wildman–Crippen LogP) is 0.657. The minimum absolute atomic E-state index is 0.124. The lowest BCUT2D eigenvalue weighted by Gasteiger charge is -2.35. The second kappa shape index (κ2) is 7.71. The van der Waals surface area contributed by atoms with E-state index in [-0.39, 0.29) is 31.3 Å². The van der Waals surface area contributed by atoms with Crippen molar-refractivity contribution in [2.45, 2.75) is 26.3 Å². The van der Waals surface area contributed by atoms with Gasteiger partial charge in [0.1, 0.15) is 0 Å². The first-order valence-corrected chi connectivity index (χ1v) is 7.68. The number of rotatable bonds is 5. The maximum absolute atomic E-state index is 12.3. The van der Waals surface area contributed by atoms with Crippen molar-refractivity contribution in [1.82, 2.24) is 15.2 Å². The van der Waals surface area contributed by atoms with E-state index in [1.807, 2.05) is 6.07 Å². The number of aromatic nitrogens is 1. The minimum atomic E-state index is -0.969. The Labute approximate surface area is 134 Å². The van der Waals surface area contributed by atoms with Crippen LogP contribution in [0.1, 0.15) is 25.3 Å². The zero-order valence-electron chi connectivity index (χ0n) is 13.1. The van der Waals surface area contributed by atoms with Crippen molar-refractivity contribution in [2.75, 3.05) is 13.1 Å². The molecule has 0 spiro atoms. The van der Waals surface area contributed by atoms with Gasteiger partial charge in [0, 0.05) is 38.4 Å². The summed E-state index contributed by atoms with van der Waals surface area (Å²) in [5.74, 6) is -2.52. The number of amides is 2. The van der Waals surface area contributed by atoms with E-state index in [0.29, 0.717) is 13.0 Å². The fraction of sp³-hybridized carbons (Fsp3) is 0.500. The number of pyridine rings is 1. The molecule has 124 valence electrons. The number of carbonyl (C=O) groups is 3. The molecule has 1 saturated heterocycles. The van der Waals surface area contributed by atoms with E-state index in [4.69, 9.17) is 0 Å². The molecule has 1 aliphatic rings. The zero-order chi connectivity index (χ0) is 16.8. The van der Waals surface area contributed by atoms with Crippen LogP contribution in [0.2, 0.25) is 0 Å². The molecule has 7 nitrogen and oxygen atoms in total. The number of hydrogen-bond acceptors (Lipinski definition) is 4. The fourth-order valence-electron chi connectivity index (χ4n) is 2.73.